The molecule has 1 fully saturated rings. The molecule has 0 unspecified atom stereocenters. The molecular formula is C14H18N2O2. The van der Waals surface area contributed by atoms with Gasteiger partial charge in [-0.05, 0) is 30.9 Å². The quantitative estimate of drug-likeness (QED) is 0.900. The molecule has 1 aliphatic rings. The second-order valence-corrected chi connectivity index (χ2v) is 4.90. The van der Waals surface area contributed by atoms with E-state index >= 15 is 0 Å². The lowest BCUT2D eigenvalue weighted by atomic mass is 10.0. The predicted octanol–water partition coefficient (Wildman–Crippen LogP) is 1.96. The van der Waals surface area contributed by atoms with Crippen LogP contribution in [0, 0.1) is 5.92 Å². The molecule has 2 aromatic heterocycles. The van der Waals surface area contributed by atoms with Gasteiger partial charge in [-0.1, -0.05) is 0 Å². The largest absolute Gasteiger partial charge is 0.392 e. The summed E-state index contributed by atoms with van der Waals surface area (Å²) in [6, 6.07) is 3.94. The second kappa shape index (κ2) is 5.08. The fraction of sp³-hybridized carbons (Fsp3) is 0.500. The number of aliphatic hydroxyl groups is 1. The zero-order valence-electron chi connectivity index (χ0n) is 10.4. The number of pyridine rings is 1. The average Bonchev–Trinajstić information content (AvgIpc) is 2.78. The third-order valence-corrected chi connectivity index (χ3v) is 3.68. The van der Waals surface area contributed by atoms with Crippen LogP contribution in [0.2, 0.25) is 0 Å². The van der Waals surface area contributed by atoms with Crippen molar-refractivity contribution in [2.75, 3.05) is 13.2 Å². The predicted molar refractivity (Wildman–Crippen MR) is 69.2 cm³/mol. The summed E-state index contributed by atoms with van der Waals surface area (Å²) in [5.41, 5.74) is 1.94. The summed E-state index contributed by atoms with van der Waals surface area (Å²) in [7, 11) is 0. The van der Waals surface area contributed by atoms with Gasteiger partial charge in [-0.15, -0.1) is 0 Å². The molecule has 4 heteroatoms. The van der Waals surface area contributed by atoms with Gasteiger partial charge in [-0.3, -0.25) is 0 Å². The molecule has 0 aliphatic carbocycles. The van der Waals surface area contributed by atoms with Crippen molar-refractivity contribution >= 4 is 11.0 Å². The van der Waals surface area contributed by atoms with Crippen LogP contribution < -0.4 is 0 Å². The number of fused-ring (bicyclic) bond motifs is 1. The lowest BCUT2D eigenvalue weighted by Crippen LogP contribution is -2.20. The normalized spacial score (nSPS) is 17.4. The van der Waals surface area contributed by atoms with Crippen molar-refractivity contribution in [2.45, 2.75) is 26.0 Å². The van der Waals surface area contributed by atoms with E-state index in [9.17, 15) is 5.11 Å². The van der Waals surface area contributed by atoms with E-state index in [-0.39, 0.29) is 6.61 Å². The Balaban J connectivity index is 1.91. The molecule has 18 heavy (non-hydrogen) atoms. The lowest BCUT2D eigenvalue weighted by molar-refractivity contribution is 0.0616. The summed E-state index contributed by atoms with van der Waals surface area (Å²) in [5, 5.41) is 10.5. The molecular weight excluding hydrogens is 228 g/mol. The second-order valence-electron chi connectivity index (χ2n) is 4.90. The maximum absolute atomic E-state index is 9.39. The molecule has 0 radical (unpaired) electrons. The number of ether oxygens (including phenoxy) is 1. The van der Waals surface area contributed by atoms with Crippen molar-refractivity contribution in [1.29, 1.82) is 0 Å². The van der Waals surface area contributed by atoms with Gasteiger partial charge in [-0.25, -0.2) is 4.98 Å². The molecule has 2 aromatic rings. The highest BCUT2D eigenvalue weighted by molar-refractivity contribution is 5.80. The van der Waals surface area contributed by atoms with Crippen LogP contribution in [0.5, 0.6) is 0 Å². The van der Waals surface area contributed by atoms with E-state index in [1.807, 2.05) is 24.5 Å². The maximum Gasteiger partial charge on any atom is 0.140 e. The molecule has 0 bridgehead atoms. The Hall–Kier alpha value is -1.39. The van der Waals surface area contributed by atoms with E-state index < -0.39 is 0 Å². The van der Waals surface area contributed by atoms with E-state index in [2.05, 4.69) is 9.55 Å². The Morgan fingerprint density at radius 2 is 2.22 bits per heavy atom. The van der Waals surface area contributed by atoms with E-state index in [1.54, 1.807) is 0 Å². The van der Waals surface area contributed by atoms with Gasteiger partial charge in [0.2, 0.25) is 0 Å². The van der Waals surface area contributed by atoms with Crippen molar-refractivity contribution in [2.24, 2.45) is 5.92 Å². The summed E-state index contributed by atoms with van der Waals surface area (Å²) in [6.45, 7) is 2.77. The van der Waals surface area contributed by atoms with Crippen LogP contribution in [0.25, 0.3) is 11.0 Å². The van der Waals surface area contributed by atoms with Gasteiger partial charge < -0.3 is 14.4 Å². The van der Waals surface area contributed by atoms with Gasteiger partial charge in [0.25, 0.3) is 0 Å². The van der Waals surface area contributed by atoms with Gasteiger partial charge in [0.15, 0.2) is 0 Å². The minimum Gasteiger partial charge on any atom is -0.392 e. The highest BCUT2D eigenvalue weighted by atomic mass is 16.5. The molecule has 0 atom stereocenters. The van der Waals surface area contributed by atoms with Gasteiger partial charge in [0, 0.05) is 43.1 Å². The molecule has 4 nitrogen and oxygen atoms in total. The van der Waals surface area contributed by atoms with Crippen LogP contribution in [0.4, 0.5) is 0 Å². The van der Waals surface area contributed by atoms with Crippen molar-refractivity contribution < 1.29 is 9.84 Å². The van der Waals surface area contributed by atoms with Gasteiger partial charge in [0.1, 0.15) is 5.65 Å². The first-order valence-electron chi connectivity index (χ1n) is 6.50. The zero-order valence-corrected chi connectivity index (χ0v) is 10.4. The fourth-order valence-corrected chi connectivity index (χ4v) is 2.67. The Bertz CT molecular complexity index is 530. The third-order valence-electron chi connectivity index (χ3n) is 3.68. The summed E-state index contributed by atoms with van der Waals surface area (Å²) < 4.78 is 7.56. The first kappa shape index (κ1) is 11.7. The molecule has 1 aliphatic heterocycles. The van der Waals surface area contributed by atoms with Crippen LogP contribution in [0.1, 0.15) is 18.4 Å². The van der Waals surface area contributed by atoms with E-state index in [1.165, 1.54) is 0 Å². The van der Waals surface area contributed by atoms with Gasteiger partial charge >= 0.3 is 0 Å². The van der Waals surface area contributed by atoms with Gasteiger partial charge in [0.05, 0.1) is 6.61 Å². The zero-order chi connectivity index (χ0) is 12.4. The topological polar surface area (TPSA) is 47.3 Å². The van der Waals surface area contributed by atoms with Crippen LogP contribution >= 0.6 is 0 Å². The van der Waals surface area contributed by atoms with Crippen molar-refractivity contribution in [3.05, 3.63) is 30.1 Å². The Labute approximate surface area is 106 Å². The number of hydrogen-bond acceptors (Lipinski definition) is 3. The minimum absolute atomic E-state index is 0.0724. The SMILES string of the molecule is OCc1cn(CC2CCOCC2)c2ncccc12. The Morgan fingerprint density at radius 3 is 3.00 bits per heavy atom. The number of hydrogen-bond donors (Lipinski definition) is 1. The maximum atomic E-state index is 9.39. The third kappa shape index (κ3) is 2.13. The van der Waals surface area contributed by atoms with Crippen molar-refractivity contribution in [3.63, 3.8) is 0 Å². The first-order chi connectivity index (χ1) is 8.88. The molecule has 0 amide bonds. The highest BCUT2D eigenvalue weighted by Crippen LogP contribution is 2.23. The summed E-state index contributed by atoms with van der Waals surface area (Å²) >= 11 is 0. The average molecular weight is 246 g/mol. The number of aromatic nitrogens is 2. The van der Waals surface area contributed by atoms with E-state index in [0.717, 1.165) is 49.2 Å². The smallest absolute Gasteiger partial charge is 0.140 e. The summed E-state index contributed by atoms with van der Waals surface area (Å²) in [5.74, 6) is 0.655. The van der Waals surface area contributed by atoms with Crippen molar-refractivity contribution in [1.82, 2.24) is 9.55 Å². The Kier molecular flexibility index (Phi) is 3.30. The molecule has 1 N–H and O–H groups in total. The lowest BCUT2D eigenvalue weighted by Gasteiger charge is -2.22. The Morgan fingerprint density at radius 1 is 1.39 bits per heavy atom. The number of aliphatic hydroxyl groups excluding tert-OH is 1. The van der Waals surface area contributed by atoms with Gasteiger partial charge in [-0.2, -0.15) is 0 Å². The molecule has 0 spiro atoms. The monoisotopic (exact) mass is 246 g/mol. The summed E-state index contributed by atoms with van der Waals surface area (Å²) in [6.07, 6.45) is 6.07. The van der Waals surface area contributed by atoms with Crippen molar-refractivity contribution in [3.8, 4) is 0 Å². The van der Waals surface area contributed by atoms with E-state index in [0.29, 0.717) is 5.92 Å². The van der Waals surface area contributed by atoms with Crippen LogP contribution in [-0.2, 0) is 17.9 Å². The molecule has 0 saturated carbocycles. The first-order valence-corrected chi connectivity index (χ1v) is 6.50. The van der Waals surface area contributed by atoms with E-state index in [4.69, 9.17) is 4.74 Å². The highest BCUT2D eigenvalue weighted by Gasteiger charge is 2.16. The number of rotatable bonds is 3. The van der Waals surface area contributed by atoms with Crippen LogP contribution in [0.15, 0.2) is 24.5 Å². The minimum atomic E-state index is 0.0724. The number of nitrogens with zero attached hydrogens (tertiary/aromatic N) is 2. The molecule has 3 rings (SSSR count). The van der Waals surface area contributed by atoms with Crippen LogP contribution in [0.3, 0.4) is 0 Å². The molecule has 3 heterocycles. The standard InChI is InChI=1S/C14H18N2O2/c17-10-12-9-16(8-11-3-6-18-7-4-11)14-13(12)2-1-5-15-14/h1-2,5,9,11,17H,3-4,6-8,10H2. The molecule has 96 valence electrons. The molecule has 0 aromatic carbocycles. The van der Waals surface area contributed by atoms with Crippen LogP contribution in [-0.4, -0.2) is 27.9 Å². The molecule has 1 saturated heterocycles. The fourth-order valence-electron chi connectivity index (χ4n) is 2.67. The summed E-state index contributed by atoms with van der Waals surface area (Å²) in [4.78, 5) is 4.44.